The van der Waals surface area contributed by atoms with E-state index >= 15 is 0 Å². The van der Waals surface area contributed by atoms with Gasteiger partial charge in [0.1, 0.15) is 29.3 Å². The Bertz CT molecular complexity index is 1410. The van der Waals surface area contributed by atoms with E-state index in [9.17, 15) is 4.79 Å². The number of hydrogen-bond acceptors (Lipinski definition) is 6. The standard InChI is InChI=1S/C28H28N6O2/c1-2-23(35)33-16-28(17-33)14-12-20(13-15-28)34-27-24(26(29)30-18-31-27)25(32-34)19-8-10-22(11-9-19)36-21-6-4-3-5-7-21/h2-11,18,20H,1,12-17H2,(H2,29,30,31). The van der Waals surface area contributed by atoms with E-state index in [1.54, 1.807) is 0 Å². The molecule has 3 heterocycles. The Morgan fingerprint density at radius 1 is 1.03 bits per heavy atom. The molecule has 182 valence electrons. The van der Waals surface area contributed by atoms with Gasteiger partial charge in [0.05, 0.1) is 11.4 Å². The minimum absolute atomic E-state index is 0.0258. The number of nitrogens with two attached hydrogens (primary N) is 1. The average Bonchev–Trinajstić information content (AvgIpc) is 3.29. The lowest BCUT2D eigenvalue weighted by Crippen LogP contribution is -2.59. The number of para-hydroxylation sites is 1. The molecule has 0 radical (unpaired) electrons. The highest BCUT2D eigenvalue weighted by atomic mass is 16.5. The Balaban J connectivity index is 1.25. The Labute approximate surface area is 209 Å². The van der Waals surface area contributed by atoms with Crippen molar-refractivity contribution in [2.45, 2.75) is 31.7 Å². The monoisotopic (exact) mass is 480 g/mol. The first-order chi connectivity index (χ1) is 17.5. The van der Waals surface area contributed by atoms with E-state index in [0.29, 0.717) is 5.82 Å². The predicted molar refractivity (Wildman–Crippen MR) is 138 cm³/mol. The zero-order chi connectivity index (χ0) is 24.7. The molecule has 0 atom stereocenters. The molecule has 8 nitrogen and oxygen atoms in total. The molecule has 2 aromatic carbocycles. The largest absolute Gasteiger partial charge is 0.457 e. The number of hydrogen-bond donors (Lipinski definition) is 1. The first-order valence-corrected chi connectivity index (χ1v) is 12.3. The van der Waals surface area contributed by atoms with Crippen LogP contribution >= 0.6 is 0 Å². The van der Waals surface area contributed by atoms with Crippen LogP contribution in [0.3, 0.4) is 0 Å². The first-order valence-electron chi connectivity index (χ1n) is 12.3. The van der Waals surface area contributed by atoms with Crippen LogP contribution in [0.1, 0.15) is 31.7 Å². The zero-order valence-electron chi connectivity index (χ0n) is 20.0. The second-order valence-corrected chi connectivity index (χ2v) is 9.82. The molecular weight excluding hydrogens is 452 g/mol. The van der Waals surface area contributed by atoms with E-state index in [1.807, 2.05) is 64.2 Å². The van der Waals surface area contributed by atoms with Gasteiger partial charge in [-0.3, -0.25) is 4.79 Å². The highest BCUT2D eigenvalue weighted by molar-refractivity contribution is 5.98. The van der Waals surface area contributed by atoms with E-state index in [4.69, 9.17) is 15.6 Å². The van der Waals surface area contributed by atoms with Crippen LogP contribution < -0.4 is 10.5 Å². The summed E-state index contributed by atoms with van der Waals surface area (Å²) in [5.41, 5.74) is 9.03. The molecule has 1 aliphatic heterocycles. The highest BCUT2D eigenvalue weighted by Crippen LogP contribution is 2.47. The summed E-state index contributed by atoms with van der Waals surface area (Å²) in [7, 11) is 0. The Morgan fingerprint density at radius 3 is 2.42 bits per heavy atom. The smallest absolute Gasteiger partial charge is 0.245 e. The first kappa shape index (κ1) is 22.3. The Hall–Kier alpha value is -4.20. The highest BCUT2D eigenvalue weighted by Gasteiger charge is 2.46. The summed E-state index contributed by atoms with van der Waals surface area (Å²) >= 11 is 0. The molecule has 1 aliphatic carbocycles. The Kier molecular flexibility index (Phi) is 5.44. The van der Waals surface area contributed by atoms with Gasteiger partial charge in [-0.1, -0.05) is 24.8 Å². The van der Waals surface area contributed by atoms with Gasteiger partial charge >= 0.3 is 0 Å². The van der Waals surface area contributed by atoms with Crippen molar-refractivity contribution in [2.24, 2.45) is 5.41 Å². The number of fused-ring (bicyclic) bond motifs is 1. The molecule has 4 aromatic rings. The van der Waals surface area contributed by atoms with E-state index in [-0.39, 0.29) is 17.4 Å². The van der Waals surface area contributed by atoms with Crippen LogP contribution in [-0.2, 0) is 4.79 Å². The number of ether oxygens (including phenoxy) is 1. The number of carbonyl (C=O) groups excluding carboxylic acids is 1. The number of benzene rings is 2. The second kappa shape index (κ2) is 8.78. The van der Waals surface area contributed by atoms with Crippen molar-refractivity contribution in [1.82, 2.24) is 24.6 Å². The number of anilines is 1. The van der Waals surface area contributed by atoms with Gasteiger partial charge in [-0.25, -0.2) is 14.6 Å². The lowest BCUT2D eigenvalue weighted by Gasteiger charge is -2.53. The number of amides is 1. The van der Waals surface area contributed by atoms with Gasteiger partial charge in [-0.2, -0.15) is 5.10 Å². The number of rotatable bonds is 5. The summed E-state index contributed by atoms with van der Waals surface area (Å²) in [5.74, 6) is 1.99. The third-order valence-electron chi connectivity index (χ3n) is 7.53. The van der Waals surface area contributed by atoms with Crippen molar-refractivity contribution in [3.8, 4) is 22.8 Å². The summed E-state index contributed by atoms with van der Waals surface area (Å²) in [4.78, 5) is 22.6. The fourth-order valence-corrected chi connectivity index (χ4v) is 5.58. The van der Waals surface area contributed by atoms with Crippen molar-refractivity contribution in [3.05, 3.63) is 73.6 Å². The van der Waals surface area contributed by atoms with Crippen LogP contribution in [0.15, 0.2) is 73.6 Å². The quantitative estimate of drug-likeness (QED) is 0.404. The molecule has 36 heavy (non-hydrogen) atoms. The van der Waals surface area contributed by atoms with Gasteiger partial charge in [-0.15, -0.1) is 0 Å². The number of nitrogen functional groups attached to an aromatic ring is 1. The van der Waals surface area contributed by atoms with Gasteiger partial charge < -0.3 is 15.4 Å². The molecule has 2 N–H and O–H groups in total. The fourth-order valence-electron chi connectivity index (χ4n) is 5.58. The number of likely N-dealkylation sites (tertiary alicyclic amines) is 1. The minimum Gasteiger partial charge on any atom is -0.457 e. The maximum absolute atomic E-state index is 11.9. The van der Waals surface area contributed by atoms with Crippen LogP contribution in [0.4, 0.5) is 5.82 Å². The van der Waals surface area contributed by atoms with Crippen molar-refractivity contribution in [2.75, 3.05) is 18.8 Å². The number of carbonyl (C=O) groups is 1. The van der Waals surface area contributed by atoms with Crippen LogP contribution in [-0.4, -0.2) is 43.6 Å². The zero-order valence-corrected chi connectivity index (χ0v) is 20.0. The van der Waals surface area contributed by atoms with Crippen LogP contribution in [0, 0.1) is 5.41 Å². The summed E-state index contributed by atoms with van der Waals surface area (Å²) < 4.78 is 7.98. The van der Waals surface area contributed by atoms with Gasteiger partial charge in [0, 0.05) is 24.1 Å². The summed E-state index contributed by atoms with van der Waals surface area (Å²) in [6.45, 7) is 5.25. The molecule has 6 rings (SSSR count). The molecular formula is C28H28N6O2. The van der Waals surface area contributed by atoms with E-state index in [0.717, 1.165) is 72.6 Å². The normalized spacial score (nSPS) is 17.2. The van der Waals surface area contributed by atoms with Gasteiger partial charge in [0.15, 0.2) is 5.65 Å². The topological polar surface area (TPSA) is 99.2 Å². The molecule has 0 unspecified atom stereocenters. The fraction of sp³-hybridized carbons (Fsp3) is 0.286. The molecule has 2 fully saturated rings. The summed E-state index contributed by atoms with van der Waals surface area (Å²) in [6, 6.07) is 17.8. The van der Waals surface area contributed by atoms with Gasteiger partial charge in [-0.05, 0) is 68.2 Å². The van der Waals surface area contributed by atoms with Crippen molar-refractivity contribution < 1.29 is 9.53 Å². The third kappa shape index (κ3) is 3.88. The van der Waals surface area contributed by atoms with E-state index < -0.39 is 0 Å². The SMILES string of the molecule is C=CC(=O)N1CC2(CCC(n3nc(-c4ccc(Oc5ccccc5)cc4)c4c(N)ncnc43)CC2)C1. The molecule has 8 heteroatoms. The summed E-state index contributed by atoms with van der Waals surface area (Å²) in [6.07, 6.45) is 6.99. The van der Waals surface area contributed by atoms with Crippen LogP contribution in [0.2, 0.25) is 0 Å². The average molecular weight is 481 g/mol. The molecule has 1 amide bonds. The molecule has 0 bridgehead atoms. The lowest BCUT2D eigenvalue weighted by atomic mass is 9.67. The maximum atomic E-state index is 11.9. The molecule has 1 saturated carbocycles. The summed E-state index contributed by atoms with van der Waals surface area (Å²) in [5, 5.41) is 5.80. The van der Waals surface area contributed by atoms with Crippen LogP contribution in [0.25, 0.3) is 22.3 Å². The van der Waals surface area contributed by atoms with Crippen molar-refractivity contribution in [3.63, 3.8) is 0 Å². The molecule has 1 saturated heterocycles. The van der Waals surface area contributed by atoms with E-state index in [1.165, 1.54) is 12.4 Å². The molecule has 2 aromatic heterocycles. The molecule has 1 spiro atoms. The second-order valence-electron chi connectivity index (χ2n) is 9.82. The number of nitrogens with zero attached hydrogens (tertiary/aromatic N) is 5. The van der Waals surface area contributed by atoms with Gasteiger partial charge in [0.25, 0.3) is 0 Å². The van der Waals surface area contributed by atoms with Crippen molar-refractivity contribution >= 4 is 22.8 Å². The van der Waals surface area contributed by atoms with E-state index in [2.05, 4.69) is 16.5 Å². The van der Waals surface area contributed by atoms with Crippen molar-refractivity contribution in [1.29, 1.82) is 0 Å². The third-order valence-corrected chi connectivity index (χ3v) is 7.53. The lowest BCUT2D eigenvalue weighted by molar-refractivity contribution is -0.140. The Morgan fingerprint density at radius 2 is 1.72 bits per heavy atom. The number of aromatic nitrogens is 4. The predicted octanol–water partition coefficient (Wildman–Crippen LogP) is 5.00. The van der Waals surface area contributed by atoms with Crippen LogP contribution in [0.5, 0.6) is 11.5 Å². The minimum atomic E-state index is 0.0258. The van der Waals surface area contributed by atoms with Gasteiger partial charge in [0.2, 0.25) is 5.91 Å². The maximum Gasteiger partial charge on any atom is 0.245 e. The molecule has 2 aliphatic rings.